The van der Waals surface area contributed by atoms with Gasteiger partial charge in [-0.1, -0.05) is 42.5 Å². The van der Waals surface area contributed by atoms with Gasteiger partial charge < -0.3 is 11.1 Å². The molecule has 126 valence electrons. The molecule has 1 aliphatic rings. The lowest BCUT2D eigenvalue weighted by molar-refractivity contribution is -0.138. The molecule has 1 amide bonds. The molecule has 0 aliphatic heterocycles. The first-order valence-corrected chi connectivity index (χ1v) is 7.64. The molecular formula is C18H17F3N2O. The minimum absolute atomic E-state index is 0.0232. The quantitative estimate of drug-likeness (QED) is 0.881. The Morgan fingerprint density at radius 1 is 1.12 bits per heavy atom. The van der Waals surface area contributed by atoms with E-state index < -0.39 is 17.6 Å². The number of nitrogens with one attached hydrogen (secondary N) is 1. The molecule has 2 atom stereocenters. The Morgan fingerprint density at radius 2 is 1.83 bits per heavy atom. The Labute approximate surface area is 137 Å². The number of rotatable bonds is 5. The third-order valence-corrected chi connectivity index (χ3v) is 4.19. The highest BCUT2D eigenvalue weighted by molar-refractivity contribution is 5.76. The van der Waals surface area contributed by atoms with Gasteiger partial charge in [-0.05, 0) is 29.2 Å². The number of carbonyl (C=O) groups excluding carboxylic acids is 1. The second kappa shape index (κ2) is 6.28. The third-order valence-electron chi connectivity index (χ3n) is 4.19. The van der Waals surface area contributed by atoms with Crippen LogP contribution in [-0.4, -0.2) is 18.5 Å². The first-order chi connectivity index (χ1) is 11.4. The number of carbonyl (C=O) groups is 1. The van der Waals surface area contributed by atoms with Crippen molar-refractivity contribution in [2.45, 2.75) is 24.6 Å². The van der Waals surface area contributed by atoms with Crippen molar-refractivity contribution in [2.24, 2.45) is 5.73 Å². The van der Waals surface area contributed by atoms with Crippen LogP contribution in [-0.2, 0) is 11.0 Å². The Morgan fingerprint density at radius 3 is 2.46 bits per heavy atom. The highest BCUT2D eigenvalue weighted by Gasteiger charge is 2.44. The zero-order valence-electron chi connectivity index (χ0n) is 12.8. The maximum absolute atomic E-state index is 13.5. The van der Waals surface area contributed by atoms with Crippen LogP contribution in [0.15, 0.2) is 48.5 Å². The van der Waals surface area contributed by atoms with Gasteiger partial charge in [-0.15, -0.1) is 0 Å². The van der Waals surface area contributed by atoms with Gasteiger partial charge >= 0.3 is 6.18 Å². The van der Waals surface area contributed by atoms with Gasteiger partial charge in [0.05, 0.1) is 12.1 Å². The van der Waals surface area contributed by atoms with E-state index in [1.54, 1.807) is 36.4 Å². The minimum atomic E-state index is -4.42. The molecule has 6 heteroatoms. The van der Waals surface area contributed by atoms with Crippen molar-refractivity contribution in [3.05, 3.63) is 59.7 Å². The van der Waals surface area contributed by atoms with Crippen molar-refractivity contribution in [1.29, 1.82) is 0 Å². The Hall–Kier alpha value is -2.34. The van der Waals surface area contributed by atoms with Crippen LogP contribution < -0.4 is 11.1 Å². The Kier molecular flexibility index (Phi) is 4.32. The number of primary amides is 1. The van der Waals surface area contributed by atoms with Gasteiger partial charge in [-0.25, -0.2) is 0 Å². The smallest absolute Gasteiger partial charge is 0.369 e. The maximum Gasteiger partial charge on any atom is 0.416 e. The molecule has 0 aromatic heterocycles. The van der Waals surface area contributed by atoms with E-state index in [4.69, 9.17) is 5.73 Å². The fourth-order valence-corrected chi connectivity index (χ4v) is 2.93. The molecule has 0 saturated heterocycles. The number of halogens is 3. The number of amides is 1. The van der Waals surface area contributed by atoms with Gasteiger partial charge in [-0.3, -0.25) is 4.79 Å². The summed E-state index contributed by atoms with van der Waals surface area (Å²) in [5.41, 5.74) is 5.99. The molecule has 3 rings (SSSR count). The van der Waals surface area contributed by atoms with E-state index in [1.165, 1.54) is 6.07 Å². The second-order valence-corrected chi connectivity index (χ2v) is 5.96. The van der Waals surface area contributed by atoms with E-state index in [2.05, 4.69) is 5.32 Å². The minimum Gasteiger partial charge on any atom is -0.369 e. The molecule has 24 heavy (non-hydrogen) atoms. The van der Waals surface area contributed by atoms with E-state index in [9.17, 15) is 18.0 Å². The Bertz CT molecular complexity index is 744. The maximum atomic E-state index is 13.5. The summed E-state index contributed by atoms with van der Waals surface area (Å²) in [6.07, 6.45) is -3.85. The number of benzene rings is 2. The zero-order chi connectivity index (χ0) is 17.3. The molecule has 1 saturated carbocycles. The number of nitrogens with two attached hydrogens (primary N) is 1. The van der Waals surface area contributed by atoms with Crippen LogP contribution in [0.3, 0.4) is 0 Å². The highest BCUT2D eigenvalue weighted by Crippen LogP contribution is 2.47. The molecule has 1 fully saturated rings. The summed E-state index contributed by atoms with van der Waals surface area (Å²) >= 11 is 0. The van der Waals surface area contributed by atoms with Crippen molar-refractivity contribution in [3.63, 3.8) is 0 Å². The molecule has 2 aromatic carbocycles. The largest absolute Gasteiger partial charge is 0.416 e. The van der Waals surface area contributed by atoms with Crippen LogP contribution >= 0.6 is 0 Å². The van der Waals surface area contributed by atoms with Crippen molar-refractivity contribution < 1.29 is 18.0 Å². The van der Waals surface area contributed by atoms with Gasteiger partial charge in [0.15, 0.2) is 0 Å². The molecule has 3 N–H and O–H groups in total. The van der Waals surface area contributed by atoms with Crippen molar-refractivity contribution in [2.75, 3.05) is 6.54 Å². The summed E-state index contributed by atoms with van der Waals surface area (Å²) in [5.74, 6) is -0.762. The van der Waals surface area contributed by atoms with E-state index in [-0.39, 0.29) is 24.1 Å². The molecule has 0 radical (unpaired) electrons. The normalized spacial score (nSPS) is 20.0. The molecular weight excluding hydrogens is 317 g/mol. The van der Waals surface area contributed by atoms with Crippen LogP contribution in [0.25, 0.3) is 11.1 Å². The standard InChI is InChI=1S/C18H17F3N2O/c19-18(20,21)15-8-12(11-4-2-1-3-5-11)6-7-13(15)14-9-16(14)23-10-17(22)24/h1-8,14,16,23H,9-10H2,(H2,22,24)/t14-,16+/m0/s1. The van der Waals surface area contributed by atoms with Crippen LogP contribution in [0.1, 0.15) is 23.5 Å². The average Bonchev–Trinajstić information content (AvgIpc) is 3.32. The van der Waals surface area contributed by atoms with E-state index in [0.29, 0.717) is 12.0 Å². The van der Waals surface area contributed by atoms with Gasteiger partial charge in [0.25, 0.3) is 0 Å². The first kappa shape index (κ1) is 16.5. The number of alkyl halides is 3. The SMILES string of the molecule is NC(=O)CN[C@@H]1C[C@H]1c1ccc(-c2ccccc2)cc1C(F)(F)F. The van der Waals surface area contributed by atoms with Crippen molar-refractivity contribution in [3.8, 4) is 11.1 Å². The lowest BCUT2D eigenvalue weighted by Crippen LogP contribution is -2.30. The van der Waals surface area contributed by atoms with E-state index in [1.807, 2.05) is 6.07 Å². The highest BCUT2D eigenvalue weighted by atomic mass is 19.4. The monoisotopic (exact) mass is 334 g/mol. The lowest BCUT2D eigenvalue weighted by atomic mass is 9.96. The molecule has 1 aliphatic carbocycles. The molecule has 3 nitrogen and oxygen atoms in total. The summed E-state index contributed by atoms with van der Waals surface area (Å²) in [6, 6.07) is 13.3. The van der Waals surface area contributed by atoms with Gasteiger partial charge in [0.2, 0.25) is 5.91 Å². The van der Waals surface area contributed by atoms with Crippen LogP contribution in [0.4, 0.5) is 13.2 Å². The topological polar surface area (TPSA) is 55.1 Å². The fourth-order valence-electron chi connectivity index (χ4n) is 2.93. The van der Waals surface area contributed by atoms with Gasteiger partial charge in [0.1, 0.15) is 0 Å². The van der Waals surface area contributed by atoms with Crippen molar-refractivity contribution in [1.82, 2.24) is 5.32 Å². The summed E-state index contributed by atoms with van der Waals surface area (Å²) in [6.45, 7) is -0.0232. The van der Waals surface area contributed by atoms with Crippen LogP contribution in [0, 0.1) is 0 Å². The molecule has 0 spiro atoms. The predicted molar refractivity (Wildman–Crippen MR) is 85.2 cm³/mol. The predicted octanol–water partition coefficient (Wildman–Crippen LogP) is 3.30. The third kappa shape index (κ3) is 3.59. The fraction of sp³-hybridized carbons (Fsp3) is 0.278. The van der Waals surface area contributed by atoms with Gasteiger partial charge in [-0.2, -0.15) is 13.2 Å². The summed E-state index contributed by atoms with van der Waals surface area (Å²) < 4.78 is 40.4. The second-order valence-electron chi connectivity index (χ2n) is 5.96. The Balaban J connectivity index is 1.89. The summed E-state index contributed by atoms with van der Waals surface area (Å²) in [5, 5.41) is 2.89. The lowest BCUT2D eigenvalue weighted by Gasteiger charge is -2.15. The number of hydrogen-bond acceptors (Lipinski definition) is 2. The zero-order valence-corrected chi connectivity index (χ0v) is 12.8. The average molecular weight is 334 g/mol. The van der Waals surface area contributed by atoms with E-state index in [0.717, 1.165) is 5.56 Å². The van der Waals surface area contributed by atoms with Crippen LogP contribution in [0.2, 0.25) is 0 Å². The van der Waals surface area contributed by atoms with Gasteiger partial charge in [0, 0.05) is 12.0 Å². The van der Waals surface area contributed by atoms with Crippen LogP contribution in [0.5, 0.6) is 0 Å². The number of hydrogen-bond donors (Lipinski definition) is 2. The van der Waals surface area contributed by atoms with Crippen molar-refractivity contribution >= 4 is 5.91 Å². The van der Waals surface area contributed by atoms with E-state index >= 15 is 0 Å². The molecule has 0 unspecified atom stereocenters. The molecule has 2 aromatic rings. The molecule has 0 heterocycles. The first-order valence-electron chi connectivity index (χ1n) is 7.64. The summed E-state index contributed by atoms with van der Waals surface area (Å²) in [4.78, 5) is 10.8. The summed E-state index contributed by atoms with van der Waals surface area (Å²) in [7, 11) is 0. The molecule has 0 bridgehead atoms.